The smallest absolute Gasteiger partial charge is 0.318 e. The minimum atomic E-state index is -0.356. The van der Waals surface area contributed by atoms with Gasteiger partial charge in [-0.1, -0.05) is 28.9 Å². The van der Waals surface area contributed by atoms with E-state index in [1.165, 1.54) is 0 Å². The molecular formula is C19H22N6O2. The van der Waals surface area contributed by atoms with Gasteiger partial charge >= 0.3 is 6.03 Å². The Morgan fingerprint density at radius 1 is 1.41 bits per heavy atom. The van der Waals surface area contributed by atoms with Crippen LogP contribution in [0.1, 0.15) is 42.7 Å². The predicted octanol–water partition coefficient (Wildman–Crippen LogP) is 2.99. The molecule has 1 atom stereocenters. The van der Waals surface area contributed by atoms with E-state index in [0.29, 0.717) is 24.7 Å². The minimum Gasteiger partial charge on any atom is -0.347 e. The number of fused-ring (bicyclic) bond motifs is 1. The molecule has 0 radical (unpaired) electrons. The number of carbonyl (C=O) groups is 1. The topological polar surface area (TPSA) is 99.9 Å². The van der Waals surface area contributed by atoms with Gasteiger partial charge in [0.05, 0.1) is 24.3 Å². The number of nitrogens with zero attached hydrogens (tertiary/aromatic N) is 4. The van der Waals surface area contributed by atoms with E-state index in [-0.39, 0.29) is 18.1 Å². The molecule has 0 spiro atoms. The van der Waals surface area contributed by atoms with Gasteiger partial charge in [0.15, 0.2) is 0 Å². The SMILES string of the molecule is Cc1cccc(-c2noc([C@@H]3Cc4nc[nH]c4CN3C(=O)NC(C)C)n2)c1. The Morgan fingerprint density at radius 3 is 3.04 bits per heavy atom. The maximum atomic E-state index is 12.7. The van der Waals surface area contributed by atoms with E-state index >= 15 is 0 Å². The van der Waals surface area contributed by atoms with Gasteiger partial charge in [-0.3, -0.25) is 0 Å². The number of aromatic nitrogens is 4. The van der Waals surface area contributed by atoms with E-state index in [0.717, 1.165) is 22.5 Å². The molecule has 1 aromatic carbocycles. The zero-order chi connectivity index (χ0) is 19.0. The van der Waals surface area contributed by atoms with Crippen LogP contribution in [0.4, 0.5) is 4.79 Å². The number of nitrogens with one attached hydrogen (secondary N) is 2. The van der Waals surface area contributed by atoms with Crippen molar-refractivity contribution < 1.29 is 9.32 Å². The predicted molar refractivity (Wildman–Crippen MR) is 98.7 cm³/mol. The number of H-pyrrole nitrogens is 1. The fraction of sp³-hybridized carbons (Fsp3) is 0.368. The highest BCUT2D eigenvalue weighted by Crippen LogP contribution is 2.32. The van der Waals surface area contributed by atoms with Crippen LogP contribution in [0, 0.1) is 6.92 Å². The van der Waals surface area contributed by atoms with Crippen LogP contribution in [0.5, 0.6) is 0 Å². The molecule has 3 aromatic rings. The summed E-state index contributed by atoms with van der Waals surface area (Å²) >= 11 is 0. The normalized spacial score (nSPS) is 16.4. The van der Waals surface area contributed by atoms with Crippen LogP contribution < -0.4 is 5.32 Å². The van der Waals surface area contributed by atoms with E-state index in [9.17, 15) is 4.79 Å². The van der Waals surface area contributed by atoms with E-state index < -0.39 is 0 Å². The summed E-state index contributed by atoms with van der Waals surface area (Å²) in [5, 5.41) is 7.07. The molecule has 140 valence electrons. The zero-order valence-electron chi connectivity index (χ0n) is 15.6. The van der Waals surface area contributed by atoms with Crippen molar-refractivity contribution in [3.8, 4) is 11.4 Å². The van der Waals surface area contributed by atoms with E-state index in [2.05, 4.69) is 25.4 Å². The molecule has 0 saturated heterocycles. The van der Waals surface area contributed by atoms with Crippen LogP contribution in [0.3, 0.4) is 0 Å². The maximum absolute atomic E-state index is 12.7. The standard InChI is InChI=1S/C19H22N6O2/c1-11(2)22-19(26)25-9-15-14(20-10-21-15)8-16(25)18-23-17(24-27-18)13-6-4-5-12(3)7-13/h4-7,10-11,16H,8-9H2,1-3H3,(H,20,21)(H,22,26)/t16-/m0/s1. The lowest BCUT2D eigenvalue weighted by molar-refractivity contribution is 0.142. The van der Waals surface area contributed by atoms with Crippen molar-refractivity contribution in [3.05, 3.63) is 53.4 Å². The number of amides is 2. The first kappa shape index (κ1) is 17.3. The van der Waals surface area contributed by atoms with Gasteiger partial charge in [-0.2, -0.15) is 4.98 Å². The van der Waals surface area contributed by atoms with Crippen molar-refractivity contribution in [2.75, 3.05) is 0 Å². The van der Waals surface area contributed by atoms with Gasteiger partial charge in [-0.15, -0.1) is 0 Å². The van der Waals surface area contributed by atoms with Gasteiger partial charge in [0.25, 0.3) is 0 Å². The van der Waals surface area contributed by atoms with Gasteiger partial charge in [0.1, 0.15) is 6.04 Å². The summed E-state index contributed by atoms with van der Waals surface area (Å²) in [6.45, 7) is 6.30. The summed E-state index contributed by atoms with van der Waals surface area (Å²) in [7, 11) is 0. The average molecular weight is 366 g/mol. The summed E-state index contributed by atoms with van der Waals surface area (Å²) in [5.74, 6) is 0.935. The van der Waals surface area contributed by atoms with Crippen molar-refractivity contribution in [3.63, 3.8) is 0 Å². The van der Waals surface area contributed by atoms with Crippen LogP contribution in [0.25, 0.3) is 11.4 Å². The van der Waals surface area contributed by atoms with Crippen molar-refractivity contribution in [2.45, 2.75) is 45.8 Å². The number of urea groups is 1. The third-order valence-electron chi connectivity index (χ3n) is 4.57. The number of carbonyl (C=O) groups excluding carboxylic acids is 1. The second kappa shape index (κ2) is 6.86. The van der Waals surface area contributed by atoms with Crippen LogP contribution in [0.2, 0.25) is 0 Å². The molecule has 0 unspecified atom stereocenters. The number of benzene rings is 1. The van der Waals surface area contributed by atoms with Gasteiger partial charge in [-0.05, 0) is 26.8 Å². The maximum Gasteiger partial charge on any atom is 0.318 e. The highest BCUT2D eigenvalue weighted by atomic mass is 16.5. The molecule has 0 fully saturated rings. The number of rotatable bonds is 3. The number of imidazole rings is 1. The highest BCUT2D eigenvalue weighted by molar-refractivity contribution is 5.75. The Bertz CT molecular complexity index is 961. The van der Waals surface area contributed by atoms with Crippen molar-refractivity contribution in [1.82, 2.24) is 30.3 Å². The Labute approximate surface area is 157 Å². The molecule has 8 nitrogen and oxygen atoms in total. The lowest BCUT2D eigenvalue weighted by Crippen LogP contribution is -2.46. The summed E-state index contributed by atoms with van der Waals surface area (Å²) in [5.41, 5.74) is 3.86. The molecule has 1 aliphatic heterocycles. The van der Waals surface area contributed by atoms with E-state index in [1.54, 1.807) is 11.2 Å². The highest BCUT2D eigenvalue weighted by Gasteiger charge is 2.36. The molecule has 3 heterocycles. The van der Waals surface area contributed by atoms with Gasteiger partial charge in [-0.25, -0.2) is 9.78 Å². The second-order valence-electron chi connectivity index (χ2n) is 7.11. The number of hydrogen-bond acceptors (Lipinski definition) is 5. The molecule has 0 bridgehead atoms. The molecular weight excluding hydrogens is 344 g/mol. The summed E-state index contributed by atoms with van der Waals surface area (Å²) in [6, 6.07) is 7.44. The van der Waals surface area contributed by atoms with Crippen molar-refractivity contribution in [1.29, 1.82) is 0 Å². The fourth-order valence-corrected chi connectivity index (χ4v) is 3.27. The van der Waals surface area contributed by atoms with Crippen molar-refractivity contribution in [2.24, 2.45) is 0 Å². The Kier molecular flexibility index (Phi) is 4.39. The van der Waals surface area contributed by atoms with Gasteiger partial charge < -0.3 is 19.7 Å². The number of aryl methyl sites for hydroxylation is 1. The largest absolute Gasteiger partial charge is 0.347 e. The first-order valence-corrected chi connectivity index (χ1v) is 9.00. The lowest BCUT2D eigenvalue weighted by Gasteiger charge is -2.33. The monoisotopic (exact) mass is 366 g/mol. The first-order valence-electron chi connectivity index (χ1n) is 9.00. The summed E-state index contributed by atoms with van der Waals surface area (Å²) in [6.07, 6.45) is 2.18. The van der Waals surface area contributed by atoms with Crippen molar-refractivity contribution >= 4 is 6.03 Å². The number of aromatic amines is 1. The minimum absolute atomic E-state index is 0.0341. The Morgan fingerprint density at radius 2 is 2.26 bits per heavy atom. The van der Waals surface area contributed by atoms with Gasteiger partial charge in [0.2, 0.25) is 11.7 Å². The molecule has 1 aliphatic rings. The van der Waals surface area contributed by atoms with E-state index in [4.69, 9.17) is 4.52 Å². The van der Waals surface area contributed by atoms with Crippen LogP contribution >= 0.6 is 0 Å². The molecule has 2 aromatic heterocycles. The molecule has 0 aliphatic carbocycles. The fourth-order valence-electron chi connectivity index (χ4n) is 3.27. The molecule has 4 rings (SSSR count). The Hall–Kier alpha value is -3.16. The average Bonchev–Trinajstić information content (AvgIpc) is 3.29. The van der Waals surface area contributed by atoms with Crippen LogP contribution in [0.15, 0.2) is 35.1 Å². The third-order valence-corrected chi connectivity index (χ3v) is 4.57. The van der Waals surface area contributed by atoms with E-state index in [1.807, 2.05) is 45.0 Å². The first-order chi connectivity index (χ1) is 13.0. The Balaban J connectivity index is 1.66. The summed E-state index contributed by atoms with van der Waals surface area (Å²) in [4.78, 5) is 26.5. The quantitative estimate of drug-likeness (QED) is 0.742. The molecule has 27 heavy (non-hydrogen) atoms. The molecule has 2 amide bonds. The van der Waals surface area contributed by atoms with Gasteiger partial charge in [0, 0.05) is 18.0 Å². The van der Waals surface area contributed by atoms with Crippen LogP contribution in [-0.2, 0) is 13.0 Å². The molecule has 8 heteroatoms. The molecule has 2 N–H and O–H groups in total. The second-order valence-corrected chi connectivity index (χ2v) is 7.11. The number of hydrogen-bond donors (Lipinski definition) is 2. The zero-order valence-corrected chi connectivity index (χ0v) is 15.6. The third kappa shape index (κ3) is 3.42. The van der Waals surface area contributed by atoms with Crippen LogP contribution in [-0.4, -0.2) is 37.1 Å². The summed E-state index contributed by atoms with van der Waals surface area (Å²) < 4.78 is 5.55. The molecule has 0 saturated carbocycles. The lowest BCUT2D eigenvalue weighted by atomic mass is 10.0.